The Bertz CT molecular complexity index is 1040. The highest BCUT2D eigenvalue weighted by Crippen LogP contribution is 2.22. The first-order valence-electron chi connectivity index (χ1n) is 9.07. The highest BCUT2D eigenvalue weighted by molar-refractivity contribution is 6.02. The molecule has 3 aromatic rings. The van der Waals surface area contributed by atoms with Crippen molar-refractivity contribution >= 4 is 17.7 Å². The zero-order valence-electron chi connectivity index (χ0n) is 16.2. The van der Waals surface area contributed by atoms with Gasteiger partial charge in [-0.15, -0.1) is 0 Å². The minimum atomic E-state index is -0.256. The van der Waals surface area contributed by atoms with Gasteiger partial charge < -0.3 is 5.32 Å². The van der Waals surface area contributed by atoms with Crippen LogP contribution in [0.2, 0.25) is 0 Å². The molecular formula is C23H23N3O2. The molecule has 142 valence electrons. The van der Waals surface area contributed by atoms with Gasteiger partial charge in [-0.2, -0.15) is 5.10 Å². The molecule has 0 saturated heterocycles. The number of carbonyl (C=O) groups is 1. The molecule has 5 nitrogen and oxygen atoms in total. The van der Waals surface area contributed by atoms with Crippen LogP contribution in [0.15, 0.2) is 71.5 Å². The van der Waals surface area contributed by atoms with Crippen LogP contribution in [0.5, 0.6) is 0 Å². The smallest absolute Gasteiger partial charge is 0.264 e. The molecule has 0 bridgehead atoms. The molecule has 1 heterocycles. The Kier molecular flexibility index (Phi) is 5.54. The predicted octanol–water partition coefficient (Wildman–Crippen LogP) is 4.39. The second kappa shape index (κ2) is 8.05. The summed E-state index contributed by atoms with van der Waals surface area (Å²) in [5.74, 6) is -0.216. The van der Waals surface area contributed by atoms with E-state index in [1.165, 1.54) is 17.7 Å². The zero-order valence-corrected chi connectivity index (χ0v) is 16.2. The number of rotatable bonds is 4. The Morgan fingerprint density at radius 1 is 1.04 bits per heavy atom. The van der Waals surface area contributed by atoms with Crippen molar-refractivity contribution in [2.45, 2.75) is 26.2 Å². The predicted molar refractivity (Wildman–Crippen MR) is 113 cm³/mol. The number of anilines is 1. The van der Waals surface area contributed by atoms with Crippen LogP contribution < -0.4 is 10.9 Å². The van der Waals surface area contributed by atoms with Gasteiger partial charge in [0.05, 0.1) is 5.69 Å². The number of carbonyl (C=O) groups excluding carboxylic acids is 1. The van der Waals surface area contributed by atoms with Gasteiger partial charge in [-0.3, -0.25) is 9.59 Å². The number of hydrogen-bond donors (Lipinski definition) is 2. The Morgan fingerprint density at radius 3 is 2.43 bits per heavy atom. The Labute approximate surface area is 164 Å². The number of nitrogens with one attached hydrogen (secondary N) is 2. The summed E-state index contributed by atoms with van der Waals surface area (Å²) in [6.45, 7) is 6.51. The van der Waals surface area contributed by atoms with Gasteiger partial charge in [0.2, 0.25) is 5.91 Å². The van der Waals surface area contributed by atoms with Crippen molar-refractivity contribution in [1.82, 2.24) is 10.2 Å². The highest BCUT2D eigenvalue weighted by Gasteiger charge is 2.12. The quantitative estimate of drug-likeness (QED) is 0.666. The zero-order chi connectivity index (χ0) is 20.1. The summed E-state index contributed by atoms with van der Waals surface area (Å²) in [7, 11) is 0. The first kappa shape index (κ1) is 19.3. The van der Waals surface area contributed by atoms with E-state index in [0.717, 1.165) is 11.1 Å². The van der Waals surface area contributed by atoms with Crippen molar-refractivity contribution in [3.63, 3.8) is 0 Å². The largest absolute Gasteiger partial charge is 0.322 e. The van der Waals surface area contributed by atoms with E-state index in [1.54, 1.807) is 18.2 Å². The average molecular weight is 373 g/mol. The van der Waals surface area contributed by atoms with Gasteiger partial charge in [0.25, 0.3) is 5.56 Å². The van der Waals surface area contributed by atoms with Crippen molar-refractivity contribution in [2.75, 3.05) is 5.32 Å². The van der Waals surface area contributed by atoms with Crippen LogP contribution in [0.25, 0.3) is 17.3 Å². The van der Waals surface area contributed by atoms with E-state index in [-0.39, 0.29) is 16.9 Å². The number of amides is 1. The molecule has 0 saturated carbocycles. The van der Waals surface area contributed by atoms with E-state index in [1.807, 2.05) is 30.3 Å². The molecule has 1 aromatic heterocycles. The second-order valence-electron chi connectivity index (χ2n) is 7.58. The summed E-state index contributed by atoms with van der Waals surface area (Å²) in [4.78, 5) is 23.4. The minimum Gasteiger partial charge on any atom is -0.322 e. The van der Waals surface area contributed by atoms with Crippen molar-refractivity contribution in [1.29, 1.82) is 0 Å². The van der Waals surface area contributed by atoms with E-state index in [0.29, 0.717) is 11.4 Å². The molecule has 0 aliphatic heterocycles. The number of nitrogens with zero attached hydrogens (tertiary/aromatic N) is 1. The van der Waals surface area contributed by atoms with Crippen LogP contribution in [0.4, 0.5) is 5.69 Å². The molecule has 0 spiro atoms. The van der Waals surface area contributed by atoms with E-state index in [4.69, 9.17) is 0 Å². The van der Waals surface area contributed by atoms with Crippen LogP contribution in [0, 0.1) is 0 Å². The Hall–Kier alpha value is -3.47. The fourth-order valence-corrected chi connectivity index (χ4v) is 2.71. The lowest BCUT2D eigenvalue weighted by Gasteiger charge is -2.18. The first-order valence-corrected chi connectivity index (χ1v) is 9.07. The third kappa shape index (κ3) is 5.04. The van der Waals surface area contributed by atoms with E-state index in [2.05, 4.69) is 48.4 Å². The third-order valence-corrected chi connectivity index (χ3v) is 4.31. The van der Waals surface area contributed by atoms with Crippen molar-refractivity contribution in [3.8, 4) is 11.3 Å². The van der Waals surface area contributed by atoms with Crippen molar-refractivity contribution in [3.05, 3.63) is 88.2 Å². The molecule has 0 unspecified atom stereocenters. The summed E-state index contributed by atoms with van der Waals surface area (Å²) in [5, 5.41) is 9.25. The number of benzene rings is 2. The molecular weight excluding hydrogens is 350 g/mol. The lowest BCUT2D eigenvalue weighted by atomic mass is 9.87. The van der Waals surface area contributed by atoms with Gasteiger partial charge >= 0.3 is 0 Å². The van der Waals surface area contributed by atoms with E-state index >= 15 is 0 Å². The molecule has 0 aliphatic rings. The van der Waals surface area contributed by atoms with Crippen LogP contribution in [-0.2, 0) is 10.2 Å². The summed E-state index contributed by atoms with van der Waals surface area (Å²) in [5.41, 5.74) is 4.15. The van der Waals surface area contributed by atoms with Gasteiger partial charge in [0, 0.05) is 23.4 Å². The lowest BCUT2D eigenvalue weighted by Crippen LogP contribution is -2.10. The molecule has 3 rings (SSSR count). The molecule has 2 aromatic carbocycles. The molecule has 28 heavy (non-hydrogen) atoms. The summed E-state index contributed by atoms with van der Waals surface area (Å²) in [6.07, 6.45) is 3.30. The molecule has 0 radical (unpaired) electrons. The van der Waals surface area contributed by atoms with E-state index < -0.39 is 0 Å². The standard InChI is InChI=1S/C23H23N3O2/c1-23(2,3)18-10-7-16(8-11-18)9-13-21(27)24-19-6-4-5-17(15-19)20-12-14-22(28)26-25-20/h4-15H,1-3H3,(H,24,27)(H,26,28)/b13-9+. The molecule has 0 aliphatic carbocycles. The molecule has 2 N–H and O–H groups in total. The third-order valence-electron chi connectivity index (χ3n) is 4.31. The molecule has 0 fully saturated rings. The van der Waals surface area contributed by atoms with Crippen LogP contribution in [0.1, 0.15) is 31.9 Å². The van der Waals surface area contributed by atoms with Crippen molar-refractivity contribution < 1.29 is 4.79 Å². The number of hydrogen-bond acceptors (Lipinski definition) is 3. The lowest BCUT2D eigenvalue weighted by molar-refractivity contribution is -0.111. The molecule has 5 heteroatoms. The van der Waals surface area contributed by atoms with Gasteiger partial charge in [-0.1, -0.05) is 57.2 Å². The monoisotopic (exact) mass is 373 g/mol. The number of aromatic amines is 1. The number of aromatic nitrogens is 2. The van der Waals surface area contributed by atoms with Gasteiger partial charge in [0.1, 0.15) is 0 Å². The maximum Gasteiger partial charge on any atom is 0.264 e. The second-order valence-corrected chi connectivity index (χ2v) is 7.58. The van der Waals surface area contributed by atoms with Crippen molar-refractivity contribution in [2.24, 2.45) is 0 Å². The molecule has 1 amide bonds. The minimum absolute atomic E-state index is 0.102. The SMILES string of the molecule is CC(C)(C)c1ccc(/C=C/C(=O)Nc2cccc(-c3ccc(=O)[nH]n3)c2)cc1. The van der Waals surface area contributed by atoms with Gasteiger partial charge in [-0.25, -0.2) is 5.10 Å². The summed E-state index contributed by atoms with van der Waals surface area (Å²) < 4.78 is 0. The first-order chi connectivity index (χ1) is 13.3. The topological polar surface area (TPSA) is 74.8 Å². The summed E-state index contributed by atoms with van der Waals surface area (Å²) >= 11 is 0. The Balaban J connectivity index is 1.68. The fourth-order valence-electron chi connectivity index (χ4n) is 2.71. The average Bonchev–Trinajstić information content (AvgIpc) is 2.67. The molecule has 0 atom stereocenters. The van der Waals surface area contributed by atoms with Crippen LogP contribution >= 0.6 is 0 Å². The maximum atomic E-state index is 12.2. The van der Waals surface area contributed by atoms with Gasteiger partial charge in [-0.05, 0) is 40.8 Å². The van der Waals surface area contributed by atoms with Crippen LogP contribution in [-0.4, -0.2) is 16.1 Å². The Morgan fingerprint density at radius 2 is 1.79 bits per heavy atom. The summed E-state index contributed by atoms with van der Waals surface area (Å²) in [6, 6.07) is 18.5. The van der Waals surface area contributed by atoms with Crippen LogP contribution in [0.3, 0.4) is 0 Å². The van der Waals surface area contributed by atoms with Gasteiger partial charge in [0.15, 0.2) is 0 Å². The van der Waals surface area contributed by atoms with E-state index in [9.17, 15) is 9.59 Å². The fraction of sp³-hybridized carbons (Fsp3) is 0.174. The maximum absolute atomic E-state index is 12.2. The highest BCUT2D eigenvalue weighted by atomic mass is 16.1. The number of H-pyrrole nitrogens is 1. The normalized spacial score (nSPS) is 11.5.